The Kier molecular flexibility index (Phi) is 53.9. The number of hydrogen-bond acceptors (Lipinski definition) is 0. The maximum absolute atomic E-state index is 3.97. The van der Waals surface area contributed by atoms with Gasteiger partial charge >= 0.3 is 0 Å². The lowest BCUT2D eigenvalue weighted by Gasteiger charge is -2.38. The van der Waals surface area contributed by atoms with Crippen molar-refractivity contribution in [2.75, 3.05) is 0 Å². The Labute approximate surface area is 723 Å². The van der Waals surface area contributed by atoms with Gasteiger partial charge in [0.2, 0.25) is 0 Å². The highest BCUT2D eigenvalue weighted by Crippen LogP contribution is 2.50. The Hall–Kier alpha value is -1.56. The van der Waals surface area contributed by atoms with Gasteiger partial charge in [0.05, 0.1) is 0 Å². The van der Waals surface area contributed by atoms with Gasteiger partial charge < -0.3 is 0 Å². The lowest BCUT2D eigenvalue weighted by molar-refractivity contribution is 0.141. The van der Waals surface area contributed by atoms with E-state index in [2.05, 4.69) is 130 Å². The molecular weight excluding hydrogens is 1350 g/mol. The summed E-state index contributed by atoms with van der Waals surface area (Å²) in [5.74, 6) is 24.9. The highest BCUT2D eigenvalue weighted by Gasteiger charge is 2.37. The minimum absolute atomic E-state index is 0. The van der Waals surface area contributed by atoms with Gasteiger partial charge in [-0.1, -0.05) is 297 Å². The largest absolute Gasteiger partial charge is 0.103 e. The van der Waals surface area contributed by atoms with Gasteiger partial charge in [0, 0.05) is 17.1 Å². The van der Waals surface area contributed by atoms with Crippen molar-refractivity contribution in [3.8, 4) is 0 Å². The highest BCUT2D eigenvalue weighted by molar-refractivity contribution is 4.94. The second-order valence-electron chi connectivity index (χ2n) is 42.0. The zero-order chi connectivity index (χ0) is 78.9. The Morgan fingerprint density at radius 3 is 0.625 bits per heavy atom. The van der Waals surface area contributed by atoms with Crippen LogP contribution in [0.3, 0.4) is 0 Å². The molecule has 0 aromatic heterocycles. The Bertz CT molecular complexity index is 2310. The van der Waals surface area contributed by atoms with E-state index >= 15 is 0 Å². The molecule has 12 aliphatic rings. The summed E-state index contributed by atoms with van der Waals surface area (Å²) in [6, 6.07) is 0. The van der Waals surface area contributed by atoms with E-state index in [-0.39, 0.29) is 24.5 Å². The molecule has 0 radical (unpaired) electrons. The lowest BCUT2D eigenvalue weighted by Crippen LogP contribution is -2.25. The fourth-order valence-corrected chi connectivity index (χ4v) is 26.9. The van der Waals surface area contributed by atoms with E-state index in [4.69, 9.17) is 0 Å². The van der Waals surface area contributed by atoms with Gasteiger partial charge in [-0.2, -0.15) is 0 Å². The zero-order valence-electron chi connectivity index (χ0n) is 76.7. The zero-order valence-corrected chi connectivity index (χ0v) is 76.7. The summed E-state index contributed by atoms with van der Waals surface area (Å²) in [5, 5.41) is 0. The second-order valence-corrected chi connectivity index (χ2v) is 42.0. The van der Waals surface area contributed by atoms with Crippen LogP contribution in [0, 0.1) is 142 Å². The van der Waals surface area contributed by atoms with Crippen LogP contribution in [-0.2, 0) is 0 Å². The lowest BCUT2D eigenvalue weighted by atomic mass is 9.68. The van der Waals surface area contributed by atoms with Gasteiger partial charge in [-0.05, 0) is 387 Å². The molecule has 112 heavy (non-hydrogen) atoms. The average Bonchev–Trinajstić information content (AvgIpc) is 0.890. The molecule has 674 valence electrons. The molecule has 12 fully saturated rings. The number of rotatable bonds is 31. The predicted octanol–water partition coefficient (Wildman–Crippen LogP) is 40.6. The smallest absolute Gasteiger partial charge is 0 e. The van der Waals surface area contributed by atoms with Crippen LogP contribution in [-0.4, -0.2) is 0 Å². The van der Waals surface area contributed by atoms with Crippen molar-refractivity contribution in [3.63, 3.8) is 0 Å². The molecule has 0 heterocycles. The average molecular weight is 1570 g/mol. The van der Waals surface area contributed by atoms with Crippen LogP contribution in [0.2, 0.25) is 0 Å². The van der Waals surface area contributed by atoms with Crippen LogP contribution in [0.25, 0.3) is 0 Å². The molecule has 0 aromatic carbocycles. The molecule has 0 aliphatic heterocycles. The molecule has 0 unspecified atom stereocenters. The molecular formula is C112H226. The van der Waals surface area contributed by atoms with Crippen LogP contribution < -0.4 is 0 Å². The summed E-state index contributed by atoms with van der Waals surface area (Å²) in [6.45, 7) is 34.1. The van der Waals surface area contributed by atoms with E-state index in [9.17, 15) is 0 Å². The van der Waals surface area contributed by atoms with Gasteiger partial charge in [-0.25, -0.2) is 0 Å². The van der Waals surface area contributed by atoms with Crippen LogP contribution in [0.5, 0.6) is 0 Å². The maximum atomic E-state index is 3.97. The first kappa shape index (κ1) is 99.3. The molecule has 12 saturated carbocycles. The standard InChI is InChI=1S/C20H36.2C19H34.2C18H32.C17H30.CH4.12H2/c1-3-5-6-8-18-11-15-20(16-12-18)19-13-9-17(7-4-2)10-14-19;1-3-5-6-7-17-10-14-19(15-11-17)18-12-8-16(4-2)9-13-18;1-3-5-7-17-10-14-19(15-11-17)18-12-8-16(6-4-2)9-13-18;1-3-5-6-16-9-13-18(14-10-16)17-11-7-15(4-2)8-12-17;1-3-5-15-7-11-17(12-8-15)18-13-9-16(6-4-2)10-14-18;1-3-5-15-8-12-17(13-9-15)16-10-6-14(4-2)7-11-16;;;;;;;;;;;;;/h3,5,17-20H,4,6-16H2,1-2H3;4,16-19H,2-3,5-15H2,1H3;3,16-19H,1,4-15H2,2H3;4,15-18H,2-3,5-14H2,1H3;3,5,15-18H,4,6-14H2,1-2H3;4,14-17H,2-3,5-13H2,1H3;1H4;12*1H/b5-3+;;;;5-3+;;;;;;;;;;;;;;. The topological polar surface area (TPSA) is 0 Å². The summed E-state index contributed by atoms with van der Waals surface area (Å²) in [6.07, 6.45) is 118. The summed E-state index contributed by atoms with van der Waals surface area (Å²) in [5.41, 5.74) is 0. The fraction of sp³-hybridized carbons (Fsp3) is 0.893. The summed E-state index contributed by atoms with van der Waals surface area (Å²) in [7, 11) is 0. The van der Waals surface area contributed by atoms with Crippen LogP contribution >= 0.6 is 0 Å². The quantitative estimate of drug-likeness (QED) is 0.0479. The third kappa shape index (κ3) is 38.0. The van der Waals surface area contributed by atoms with E-state index < -0.39 is 0 Å². The molecule has 0 amide bonds. The maximum Gasteiger partial charge on any atom is 0 e. The first-order valence-electron chi connectivity index (χ1n) is 52.2. The van der Waals surface area contributed by atoms with E-state index in [1.807, 2.05) is 0 Å². The van der Waals surface area contributed by atoms with Crippen molar-refractivity contribution in [2.24, 2.45) is 142 Å². The number of unbranched alkanes of at least 4 members (excludes halogenated alkanes) is 3. The first-order chi connectivity index (χ1) is 54.5. The molecule has 12 aliphatic carbocycles. The van der Waals surface area contributed by atoms with Crippen molar-refractivity contribution in [1.82, 2.24) is 0 Å². The van der Waals surface area contributed by atoms with Gasteiger partial charge in [0.15, 0.2) is 0 Å². The minimum atomic E-state index is 0. The van der Waals surface area contributed by atoms with Gasteiger partial charge in [-0.15, -0.1) is 26.3 Å². The molecule has 0 aromatic rings. The first-order valence-corrected chi connectivity index (χ1v) is 52.2. The third-order valence-electron chi connectivity index (χ3n) is 34.6. The van der Waals surface area contributed by atoms with Crippen molar-refractivity contribution in [2.45, 2.75) is 493 Å². The number of allylic oxidation sites excluding steroid dienone is 8. The predicted molar refractivity (Wildman–Crippen MR) is 530 cm³/mol. The van der Waals surface area contributed by atoms with E-state index in [0.29, 0.717) is 0 Å². The molecule has 0 heteroatoms. The Morgan fingerprint density at radius 1 is 0.214 bits per heavy atom. The van der Waals surface area contributed by atoms with E-state index in [0.717, 1.165) is 142 Å². The second kappa shape index (κ2) is 60.8. The third-order valence-corrected chi connectivity index (χ3v) is 34.6. The fourth-order valence-electron chi connectivity index (χ4n) is 26.9. The molecule has 0 spiro atoms. The van der Waals surface area contributed by atoms with Crippen molar-refractivity contribution in [1.29, 1.82) is 0 Å². The van der Waals surface area contributed by atoms with Crippen LogP contribution in [0.15, 0.2) is 74.9 Å². The Balaban J connectivity index is -0.000000260. The highest BCUT2D eigenvalue weighted by atomic mass is 14.4. The monoisotopic (exact) mass is 1570 g/mol. The van der Waals surface area contributed by atoms with E-state index in [1.165, 1.54) is 353 Å². The minimum Gasteiger partial charge on any atom is -0.103 e. The summed E-state index contributed by atoms with van der Waals surface area (Å²) < 4.78 is 0. The van der Waals surface area contributed by atoms with Gasteiger partial charge in [0.25, 0.3) is 0 Å². The molecule has 0 atom stereocenters. The molecule has 0 saturated heterocycles. The molecule has 0 nitrogen and oxygen atoms in total. The SMILES string of the molecule is C.C/C=C/C1CCC(C2CCC(CCC)CC2)CC1.C/C=C/CCC1CCC(C2CCC(CCC)CC2)CC1.C=CC1CCC(C2CCC(CCC)CC2)CC1.C=CC1CCC(C2CCC(CCCC)CC2)CC1.C=CC1CCC(C2CCC(CCCCC)CC2)CC1.C=CCCC1CCC(C2CCC(CCC)CC2)CC1.[HH].[HH].[HH].[HH].[HH].[HH].[HH].[HH].[HH].[HH].[HH].[HH]. The van der Waals surface area contributed by atoms with Crippen LogP contribution in [0.1, 0.15) is 510 Å². The van der Waals surface area contributed by atoms with Gasteiger partial charge in [-0.3, -0.25) is 0 Å². The number of hydrogen-bond donors (Lipinski definition) is 0. The van der Waals surface area contributed by atoms with Crippen LogP contribution in [0.4, 0.5) is 0 Å². The normalized spacial score (nSPS) is 36.6. The summed E-state index contributed by atoms with van der Waals surface area (Å²) >= 11 is 0. The van der Waals surface area contributed by atoms with Crippen molar-refractivity contribution in [3.05, 3.63) is 74.9 Å². The van der Waals surface area contributed by atoms with E-state index in [1.54, 1.807) is 77.0 Å². The van der Waals surface area contributed by atoms with Crippen molar-refractivity contribution < 1.29 is 17.1 Å². The van der Waals surface area contributed by atoms with Crippen molar-refractivity contribution >= 4 is 0 Å². The molecule has 12 rings (SSSR count). The summed E-state index contributed by atoms with van der Waals surface area (Å²) in [4.78, 5) is 0. The Morgan fingerprint density at radius 2 is 0.420 bits per heavy atom. The molecule has 0 N–H and O–H groups in total. The molecule has 0 bridgehead atoms. The van der Waals surface area contributed by atoms with Gasteiger partial charge in [0.1, 0.15) is 0 Å².